The summed E-state index contributed by atoms with van der Waals surface area (Å²) in [5.41, 5.74) is 3.77. The van der Waals surface area contributed by atoms with Gasteiger partial charge >= 0.3 is 0 Å². The van der Waals surface area contributed by atoms with Crippen LogP contribution in [0.1, 0.15) is 47.7 Å². The molecule has 2 aromatic rings. The molecule has 1 fully saturated rings. The molecule has 2 aromatic carbocycles. The molecule has 2 aliphatic heterocycles. The Bertz CT molecular complexity index is 881. The van der Waals surface area contributed by atoms with Crippen LogP contribution in [0.15, 0.2) is 48.5 Å². The van der Waals surface area contributed by atoms with E-state index in [1.165, 1.54) is 5.69 Å². The Hall–Kier alpha value is -2.57. The summed E-state index contributed by atoms with van der Waals surface area (Å²) in [7, 11) is 1.71. The maximum Gasteiger partial charge on any atom is 0.253 e. The van der Waals surface area contributed by atoms with Gasteiger partial charge in [0.1, 0.15) is 0 Å². The summed E-state index contributed by atoms with van der Waals surface area (Å²) < 4.78 is 5.30. The summed E-state index contributed by atoms with van der Waals surface area (Å²) in [5, 5.41) is 10.9. The molecular weight excluding hydrogens is 402 g/mol. The number of amides is 1. The molecular formula is C26H35N3O3. The summed E-state index contributed by atoms with van der Waals surface area (Å²) >= 11 is 0. The highest BCUT2D eigenvalue weighted by Gasteiger charge is 2.25. The first kappa shape index (κ1) is 22.6. The minimum Gasteiger partial charge on any atom is -0.388 e. The van der Waals surface area contributed by atoms with Crippen molar-refractivity contribution in [3.63, 3.8) is 0 Å². The third kappa shape index (κ3) is 5.25. The van der Waals surface area contributed by atoms with Crippen molar-refractivity contribution in [3.05, 3.63) is 59.7 Å². The van der Waals surface area contributed by atoms with Crippen LogP contribution in [0.4, 0.5) is 11.4 Å². The molecule has 0 aromatic heterocycles. The van der Waals surface area contributed by atoms with E-state index in [-0.39, 0.29) is 5.91 Å². The van der Waals surface area contributed by atoms with Gasteiger partial charge in [0.15, 0.2) is 0 Å². The first-order valence-corrected chi connectivity index (χ1v) is 11.8. The summed E-state index contributed by atoms with van der Waals surface area (Å²) in [6, 6.07) is 16.2. The molecule has 172 valence electrons. The number of piperazine rings is 1. The number of hydrogen-bond donors (Lipinski definition) is 1. The highest BCUT2D eigenvalue weighted by molar-refractivity contribution is 5.95. The standard InChI is InChI=1S/C26H35N3O3/c1-32-19-18-28-13-7-3-6-10-25(30)23-20-21(11-12-24(23)28)26(31)29-16-14-27(15-17-29)22-8-4-2-5-9-22/h2,4-5,8-9,11-12,20,25,30H,3,6-7,10,13-19H2,1H3. The van der Waals surface area contributed by atoms with Gasteiger partial charge in [-0.1, -0.05) is 31.0 Å². The number of anilines is 2. The summed E-state index contributed by atoms with van der Waals surface area (Å²) in [6.07, 6.45) is 3.39. The molecule has 6 heteroatoms. The quantitative estimate of drug-likeness (QED) is 0.773. The van der Waals surface area contributed by atoms with Gasteiger partial charge in [-0.25, -0.2) is 0 Å². The van der Waals surface area contributed by atoms with Gasteiger partial charge in [0.2, 0.25) is 0 Å². The lowest BCUT2D eigenvalue weighted by molar-refractivity contribution is 0.0746. The average molecular weight is 438 g/mol. The second kappa shape index (κ2) is 10.8. The molecule has 4 rings (SSSR count). The van der Waals surface area contributed by atoms with Crippen molar-refractivity contribution >= 4 is 17.3 Å². The second-order valence-electron chi connectivity index (χ2n) is 8.73. The smallest absolute Gasteiger partial charge is 0.253 e. The van der Waals surface area contributed by atoms with E-state index in [4.69, 9.17) is 4.74 Å². The number of aliphatic hydroxyl groups is 1. The maximum atomic E-state index is 13.3. The van der Waals surface area contributed by atoms with Crippen molar-refractivity contribution in [3.8, 4) is 0 Å². The van der Waals surface area contributed by atoms with Gasteiger partial charge in [0.25, 0.3) is 5.91 Å². The first-order valence-electron chi connectivity index (χ1n) is 11.8. The lowest BCUT2D eigenvalue weighted by Crippen LogP contribution is -2.48. The summed E-state index contributed by atoms with van der Waals surface area (Å²) in [6.45, 7) is 5.42. The zero-order valence-corrected chi connectivity index (χ0v) is 19.1. The summed E-state index contributed by atoms with van der Waals surface area (Å²) in [5.74, 6) is 0.0519. The average Bonchev–Trinajstić information content (AvgIpc) is 2.92. The highest BCUT2D eigenvalue weighted by Crippen LogP contribution is 2.33. The fraction of sp³-hybridized carbons (Fsp3) is 0.500. The van der Waals surface area contributed by atoms with Gasteiger partial charge in [-0.2, -0.15) is 0 Å². The Balaban J connectivity index is 1.50. The van der Waals surface area contributed by atoms with Crippen molar-refractivity contribution in [1.82, 2.24) is 4.90 Å². The number of aliphatic hydroxyl groups excluding tert-OH is 1. The molecule has 0 aliphatic carbocycles. The maximum absolute atomic E-state index is 13.3. The molecule has 2 aliphatic rings. The van der Waals surface area contributed by atoms with Crippen molar-refractivity contribution in [2.45, 2.75) is 31.8 Å². The number of fused-ring (bicyclic) bond motifs is 1. The lowest BCUT2D eigenvalue weighted by Gasteiger charge is -2.36. The molecule has 0 radical (unpaired) electrons. The number of rotatable bonds is 5. The largest absolute Gasteiger partial charge is 0.388 e. The summed E-state index contributed by atoms with van der Waals surface area (Å²) in [4.78, 5) is 19.9. The van der Waals surface area contributed by atoms with E-state index in [0.29, 0.717) is 25.3 Å². The van der Waals surface area contributed by atoms with Gasteiger partial charge in [-0.3, -0.25) is 4.79 Å². The topological polar surface area (TPSA) is 56.3 Å². The van der Waals surface area contributed by atoms with Crippen LogP contribution in [0.5, 0.6) is 0 Å². The number of carbonyl (C=O) groups is 1. The molecule has 1 unspecified atom stereocenters. The van der Waals surface area contributed by atoms with Crippen LogP contribution in [0.2, 0.25) is 0 Å². The minimum absolute atomic E-state index is 0.0519. The van der Waals surface area contributed by atoms with Gasteiger partial charge in [0, 0.05) is 68.9 Å². The Kier molecular flexibility index (Phi) is 7.66. The molecule has 1 amide bonds. The molecule has 0 saturated carbocycles. The second-order valence-corrected chi connectivity index (χ2v) is 8.73. The number of carbonyl (C=O) groups excluding carboxylic acids is 1. The van der Waals surface area contributed by atoms with E-state index in [2.05, 4.69) is 21.9 Å². The molecule has 32 heavy (non-hydrogen) atoms. The van der Waals surface area contributed by atoms with Crippen molar-refractivity contribution < 1.29 is 14.6 Å². The molecule has 6 nitrogen and oxygen atoms in total. The van der Waals surface area contributed by atoms with E-state index >= 15 is 0 Å². The van der Waals surface area contributed by atoms with E-state index < -0.39 is 6.10 Å². The molecule has 0 bridgehead atoms. The Morgan fingerprint density at radius 2 is 1.78 bits per heavy atom. The first-order chi connectivity index (χ1) is 15.7. The van der Waals surface area contributed by atoms with Crippen LogP contribution < -0.4 is 9.80 Å². The zero-order chi connectivity index (χ0) is 22.3. The van der Waals surface area contributed by atoms with Crippen LogP contribution in [-0.2, 0) is 4.74 Å². The molecule has 1 atom stereocenters. The minimum atomic E-state index is -0.546. The lowest BCUT2D eigenvalue weighted by atomic mass is 9.98. The van der Waals surface area contributed by atoms with Crippen LogP contribution in [-0.4, -0.2) is 68.9 Å². The predicted molar refractivity (Wildman–Crippen MR) is 129 cm³/mol. The van der Waals surface area contributed by atoms with Gasteiger partial charge in [-0.15, -0.1) is 0 Å². The highest BCUT2D eigenvalue weighted by atomic mass is 16.5. The van der Waals surface area contributed by atoms with Gasteiger partial charge < -0.3 is 24.5 Å². The van der Waals surface area contributed by atoms with E-state index in [1.807, 2.05) is 41.3 Å². The third-order valence-electron chi connectivity index (χ3n) is 6.63. The number of ether oxygens (including phenoxy) is 1. The SMILES string of the molecule is COCCN1CCCCCC(O)c2cc(C(=O)N3CCN(c4ccccc4)CC3)ccc21. The van der Waals surface area contributed by atoms with Crippen molar-refractivity contribution in [2.24, 2.45) is 0 Å². The zero-order valence-electron chi connectivity index (χ0n) is 19.1. The third-order valence-corrected chi connectivity index (χ3v) is 6.63. The molecule has 0 spiro atoms. The number of methoxy groups -OCH3 is 1. The predicted octanol–water partition coefficient (Wildman–Crippen LogP) is 3.71. The Labute approximate surface area is 191 Å². The number of hydrogen-bond acceptors (Lipinski definition) is 5. The number of nitrogens with zero attached hydrogens (tertiary/aromatic N) is 3. The number of para-hydroxylation sites is 1. The Morgan fingerprint density at radius 3 is 2.53 bits per heavy atom. The number of benzene rings is 2. The van der Waals surface area contributed by atoms with Crippen LogP contribution >= 0.6 is 0 Å². The van der Waals surface area contributed by atoms with Crippen molar-refractivity contribution in [1.29, 1.82) is 0 Å². The fourth-order valence-corrected chi connectivity index (χ4v) is 4.76. The van der Waals surface area contributed by atoms with E-state index in [1.54, 1.807) is 7.11 Å². The van der Waals surface area contributed by atoms with Gasteiger partial charge in [0.05, 0.1) is 12.7 Å². The van der Waals surface area contributed by atoms with Crippen LogP contribution in [0.3, 0.4) is 0 Å². The molecule has 2 heterocycles. The monoisotopic (exact) mass is 437 g/mol. The van der Waals surface area contributed by atoms with E-state index in [0.717, 1.165) is 63.1 Å². The fourth-order valence-electron chi connectivity index (χ4n) is 4.76. The normalized spacial score (nSPS) is 19.7. The van der Waals surface area contributed by atoms with Crippen molar-refractivity contribution in [2.75, 3.05) is 62.8 Å². The Morgan fingerprint density at radius 1 is 1.00 bits per heavy atom. The van der Waals surface area contributed by atoms with Crippen LogP contribution in [0.25, 0.3) is 0 Å². The van der Waals surface area contributed by atoms with E-state index in [9.17, 15) is 9.90 Å². The molecule has 1 saturated heterocycles. The molecule has 1 N–H and O–H groups in total. The van der Waals surface area contributed by atoms with Crippen LogP contribution in [0, 0.1) is 0 Å². The van der Waals surface area contributed by atoms with Gasteiger partial charge in [-0.05, 0) is 43.2 Å².